The van der Waals surface area contributed by atoms with Crippen molar-refractivity contribution < 1.29 is 38.2 Å². The molecule has 0 radical (unpaired) electrons. The van der Waals surface area contributed by atoms with Crippen molar-refractivity contribution in [3.8, 4) is 0 Å². The summed E-state index contributed by atoms with van der Waals surface area (Å²) in [7, 11) is 5.36. The van der Waals surface area contributed by atoms with Crippen LogP contribution >= 0.6 is 0 Å². The molecular formula is C43H73NO7. The SMILES string of the molecule is CC/C=C\C/C=C\C/C=C\C/C=C\C/C=C\CC(=O)OC(COCCC(C(=O)[O-])[N+](C)(C)C)COC(=O)CCCCCCCCCCCCCC. The number of likely N-dealkylation sites (N-methyl/N-ethyl adjacent to an activating group) is 1. The average molecular weight is 716 g/mol. The fraction of sp³-hybridized carbons (Fsp3) is 0.698. The number of quaternary nitrogens is 1. The molecule has 0 spiro atoms. The fourth-order valence-electron chi connectivity index (χ4n) is 5.38. The van der Waals surface area contributed by atoms with Crippen LogP contribution in [0.5, 0.6) is 0 Å². The lowest BCUT2D eigenvalue weighted by molar-refractivity contribution is -0.889. The first-order valence-electron chi connectivity index (χ1n) is 19.8. The molecule has 0 amide bonds. The van der Waals surface area contributed by atoms with E-state index in [0.717, 1.165) is 44.9 Å². The van der Waals surface area contributed by atoms with Crippen molar-refractivity contribution in [3.63, 3.8) is 0 Å². The van der Waals surface area contributed by atoms with Gasteiger partial charge in [-0.3, -0.25) is 9.59 Å². The maximum Gasteiger partial charge on any atom is 0.310 e. The van der Waals surface area contributed by atoms with Crippen LogP contribution in [-0.2, 0) is 28.6 Å². The molecule has 8 heteroatoms. The van der Waals surface area contributed by atoms with Crippen LogP contribution in [0.25, 0.3) is 0 Å². The molecule has 2 unspecified atom stereocenters. The van der Waals surface area contributed by atoms with Gasteiger partial charge in [-0.05, 0) is 38.5 Å². The summed E-state index contributed by atoms with van der Waals surface area (Å²) >= 11 is 0. The molecule has 0 aromatic rings. The third-order valence-corrected chi connectivity index (χ3v) is 8.45. The molecule has 51 heavy (non-hydrogen) atoms. The highest BCUT2D eigenvalue weighted by Crippen LogP contribution is 2.13. The third kappa shape index (κ3) is 32.7. The summed E-state index contributed by atoms with van der Waals surface area (Å²) < 4.78 is 17.0. The van der Waals surface area contributed by atoms with E-state index in [1.807, 2.05) is 6.08 Å². The van der Waals surface area contributed by atoms with Gasteiger partial charge in [0.15, 0.2) is 6.10 Å². The number of carboxylic acids is 1. The number of esters is 2. The lowest BCUT2D eigenvalue weighted by atomic mass is 10.0. The van der Waals surface area contributed by atoms with Crippen molar-refractivity contribution in [2.75, 3.05) is 41.0 Å². The summed E-state index contributed by atoms with van der Waals surface area (Å²) in [5, 5.41) is 11.6. The zero-order chi connectivity index (χ0) is 37.8. The van der Waals surface area contributed by atoms with E-state index in [-0.39, 0.29) is 43.1 Å². The van der Waals surface area contributed by atoms with Gasteiger partial charge >= 0.3 is 11.9 Å². The highest BCUT2D eigenvalue weighted by Gasteiger charge is 2.25. The number of aliphatic carboxylic acids is 1. The summed E-state index contributed by atoms with van der Waals surface area (Å²) in [5.41, 5.74) is 0. The first-order chi connectivity index (χ1) is 24.6. The first-order valence-corrected chi connectivity index (χ1v) is 19.8. The number of hydrogen-bond donors (Lipinski definition) is 0. The van der Waals surface area contributed by atoms with Crippen LogP contribution in [0.2, 0.25) is 0 Å². The maximum absolute atomic E-state index is 12.6. The number of hydrogen-bond acceptors (Lipinski definition) is 7. The number of unbranched alkanes of at least 4 members (excludes halogenated alkanes) is 11. The van der Waals surface area contributed by atoms with E-state index < -0.39 is 24.1 Å². The number of carboxylic acid groups (broad SMARTS) is 1. The molecule has 2 atom stereocenters. The molecule has 0 bridgehead atoms. The summed E-state index contributed by atoms with van der Waals surface area (Å²) in [6.45, 7) is 4.42. The Morgan fingerprint density at radius 1 is 0.608 bits per heavy atom. The summed E-state index contributed by atoms with van der Waals surface area (Å²) in [6.07, 6.45) is 39.9. The Hall–Kier alpha value is -2.97. The van der Waals surface area contributed by atoms with E-state index in [9.17, 15) is 19.5 Å². The maximum atomic E-state index is 12.6. The second kappa shape index (κ2) is 34.1. The predicted octanol–water partition coefficient (Wildman–Crippen LogP) is 8.91. The van der Waals surface area contributed by atoms with Crippen molar-refractivity contribution >= 4 is 17.9 Å². The van der Waals surface area contributed by atoms with Gasteiger partial charge in [0.25, 0.3) is 0 Å². The molecule has 8 nitrogen and oxygen atoms in total. The normalized spacial score (nSPS) is 13.7. The summed E-state index contributed by atoms with van der Waals surface area (Å²) in [4.78, 5) is 36.6. The van der Waals surface area contributed by atoms with Crippen LogP contribution < -0.4 is 5.11 Å². The molecule has 0 aliphatic rings. The summed E-state index contributed by atoms with van der Waals surface area (Å²) in [6, 6.07) is -0.741. The van der Waals surface area contributed by atoms with E-state index >= 15 is 0 Å². The van der Waals surface area contributed by atoms with Gasteiger partial charge in [-0.2, -0.15) is 0 Å². The number of rotatable bonds is 34. The van der Waals surface area contributed by atoms with Crippen LogP contribution in [0.1, 0.15) is 142 Å². The Morgan fingerprint density at radius 2 is 1.08 bits per heavy atom. The van der Waals surface area contributed by atoms with Gasteiger partial charge in [0.2, 0.25) is 0 Å². The van der Waals surface area contributed by atoms with Crippen molar-refractivity contribution in [1.82, 2.24) is 0 Å². The van der Waals surface area contributed by atoms with Crippen molar-refractivity contribution in [2.45, 2.75) is 154 Å². The number of ether oxygens (including phenoxy) is 3. The molecule has 0 aliphatic carbocycles. The van der Waals surface area contributed by atoms with Gasteiger partial charge in [-0.25, -0.2) is 0 Å². The zero-order valence-corrected chi connectivity index (χ0v) is 33.0. The van der Waals surface area contributed by atoms with E-state index in [1.165, 1.54) is 57.8 Å². The van der Waals surface area contributed by atoms with Gasteiger partial charge in [0.1, 0.15) is 12.6 Å². The van der Waals surface area contributed by atoms with Crippen LogP contribution in [0.4, 0.5) is 0 Å². The number of carbonyl (C=O) groups excluding carboxylic acids is 3. The molecule has 0 saturated carbocycles. The minimum absolute atomic E-state index is 0.000199. The fourth-order valence-corrected chi connectivity index (χ4v) is 5.38. The molecule has 0 fully saturated rings. The molecule has 0 aliphatic heterocycles. The van der Waals surface area contributed by atoms with E-state index in [1.54, 1.807) is 27.2 Å². The van der Waals surface area contributed by atoms with E-state index in [4.69, 9.17) is 14.2 Å². The second-order valence-corrected chi connectivity index (χ2v) is 14.2. The molecule has 0 rings (SSSR count). The van der Waals surface area contributed by atoms with Crippen LogP contribution in [0, 0.1) is 0 Å². The van der Waals surface area contributed by atoms with Crippen molar-refractivity contribution in [3.05, 3.63) is 60.8 Å². The minimum Gasteiger partial charge on any atom is -0.544 e. The van der Waals surface area contributed by atoms with Gasteiger partial charge in [0.05, 0.1) is 46.7 Å². The molecular weight excluding hydrogens is 642 g/mol. The van der Waals surface area contributed by atoms with Gasteiger partial charge in [-0.15, -0.1) is 0 Å². The van der Waals surface area contributed by atoms with Gasteiger partial charge in [0, 0.05) is 12.8 Å². The van der Waals surface area contributed by atoms with Crippen LogP contribution in [-0.4, -0.2) is 75.5 Å². The number of allylic oxidation sites excluding steroid dienone is 9. The average Bonchev–Trinajstić information content (AvgIpc) is 3.08. The Morgan fingerprint density at radius 3 is 1.55 bits per heavy atom. The Labute approximate surface area is 311 Å². The Balaban J connectivity index is 4.56. The van der Waals surface area contributed by atoms with E-state index in [0.29, 0.717) is 12.8 Å². The van der Waals surface area contributed by atoms with Crippen molar-refractivity contribution in [2.24, 2.45) is 0 Å². The highest BCUT2D eigenvalue weighted by molar-refractivity contribution is 5.71. The third-order valence-electron chi connectivity index (χ3n) is 8.45. The van der Waals surface area contributed by atoms with E-state index in [2.05, 4.69) is 62.5 Å². The smallest absolute Gasteiger partial charge is 0.310 e. The lowest BCUT2D eigenvalue weighted by Crippen LogP contribution is -2.55. The van der Waals surface area contributed by atoms with Crippen LogP contribution in [0.3, 0.4) is 0 Å². The summed E-state index contributed by atoms with van der Waals surface area (Å²) in [5.74, 6) is -1.90. The highest BCUT2D eigenvalue weighted by atomic mass is 16.6. The predicted molar refractivity (Wildman–Crippen MR) is 208 cm³/mol. The standard InChI is InChI=1S/C43H73NO7/c1-6-8-10-12-14-16-18-20-21-22-24-26-28-30-32-34-42(46)51-39(37-49-36-35-40(43(47)48)44(3,4)5)38-50-41(45)33-31-29-27-25-23-19-17-15-13-11-9-7-2/h8,10,14,16,20-21,24,26,30,32,39-40H,6-7,9,11-13,15,17-19,22-23,25,27-29,31,33-38H2,1-5H3/b10-8-,16-14-,21-20-,26-24-,32-30-. The second-order valence-electron chi connectivity index (χ2n) is 14.2. The first kappa shape index (κ1) is 48.0. The van der Waals surface area contributed by atoms with Crippen molar-refractivity contribution in [1.29, 1.82) is 0 Å². The van der Waals surface area contributed by atoms with Gasteiger partial charge < -0.3 is 28.6 Å². The molecule has 292 valence electrons. The monoisotopic (exact) mass is 716 g/mol. The minimum atomic E-state index is -1.14. The van der Waals surface area contributed by atoms with Crippen LogP contribution in [0.15, 0.2) is 60.8 Å². The van der Waals surface area contributed by atoms with Gasteiger partial charge in [-0.1, -0.05) is 145 Å². The zero-order valence-electron chi connectivity index (χ0n) is 33.0. The molecule has 0 heterocycles. The molecule has 0 N–H and O–H groups in total. The topological polar surface area (TPSA) is 102 Å². The quantitative estimate of drug-likeness (QED) is 0.0284. The molecule has 0 saturated heterocycles. The Bertz CT molecular complexity index is 1020. The molecule has 0 aromatic carbocycles. The number of carbonyl (C=O) groups is 3. The molecule has 0 aromatic heterocycles. The Kier molecular flexibility index (Phi) is 32.1. The lowest BCUT2D eigenvalue weighted by Gasteiger charge is -2.34. The number of nitrogens with zero attached hydrogens (tertiary/aromatic N) is 1. The largest absolute Gasteiger partial charge is 0.544 e.